The van der Waals surface area contributed by atoms with Crippen molar-refractivity contribution >= 4 is 5.57 Å². The molecule has 0 aromatic heterocycles. The Hall–Kier alpha value is -1.51. The van der Waals surface area contributed by atoms with Crippen molar-refractivity contribution in [1.29, 1.82) is 0 Å². The number of halogens is 3. The van der Waals surface area contributed by atoms with Crippen molar-refractivity contribution in [1.82, 2.24) is 0 Å². The minimum atomic E-state index is -4.33. The second-order valence-corrected chi connectivity index (χ2v) is 7.17. The lowest BCUT2D eigenvalue weighted by Gasteiger charge is -2.30. The molecular formula is C22H29F3. The van der Waals surface area contributed by atoms with E-state index in [1.165, 1.54) is 29.7 Å². The molecule has 1 unspecified atom stereocenters. The van der Waals surface area contributed by atoms with Crippen LogP contribution >= 0.6 is 0 Å². The number of rotatable bonds is 6. The highest BCUT2D eigenvalue weighted by Crippen LogP contribution is 2.42. The van der Waals surface area contributed by atoms with Crippen molar-refractivity contribution in [3.8, 4) is 0 Å². The molecule has 0 heterocycles. The normalized spacial score (nSPS) is 18.6. The summed E-state index contributed by atoms with van der Waals surface area (Å²) in [5.41, 5.74) is 3.20. The van der Waals surface area contributed by atoms with Crippen LogP contribution in [0.1, 0.15) is 70.9 Å². The standard InChI is InChI=1S/C22H29F3/c1-5-15(3)19(17-10-9-11-17)14-20(16(4)6-2)18-12-7-8-13-21(18)22(23,24)25/h7-8,12-14,16-17H,5-6,9-11H2,1-4H3/b19-15-,20-14+. The van der Waals surface area contributed by atoms with E-state index in [0.717, 1.165) is 31.3 Å². The lowest BCUT2D eigenvalue weighted by molar-refractivity contribution is -0.137. The molecule has 0 amide bonds. The minimum Gasteiger partial charge on any atom is -0.166 e. The molecule has 0 saturated heterocycles. The largest absolute Gasteiger partial charge is 0.416 e. The summed E-state index contributed by atoms with van der Waals surface area (Å²) < 4.78 is 40.6. The fourth-order valence-electron chi connectivity index (χ4n) is 3.37. The van der Waals surface area contributed by atoms with Crippen molar-refractivity contribution in [2.24, 2.45) is 11.8 Å². The summed E-state index contributed by atoms with van der Waals surface area (Å²) in [6, 6.07) is 6.01. The summed E-state index contributed by atoms with van der Waals surface area (Å²) in [7, 11) is 0. The monoisotopic (exact) mass is 350 g/mol. The topological polar surface area (TPSA) is 0 Å². The van der Waals surface area contributed by atoms with E-state index < -0.39 is 11.7 Å². The van der Waals surface area contributed by atoms with Crippen molar-refractivity contribution in [2.75, 3.05) is 0 Å². The SMILES string of the molecule is CC/C(C)=C(/C=C(/c1ccccc1C(F)(F)F)C(C)CC)C1CCC1. The molecule has 25 heavy (non-hydrogen) atoms. The number of alkyl halides is 3. The van der Waals surface area contributed by atoms with E-state index >= 15 is 0 Å². The molecule has 3 heteroatoms. The van der Waals surface area contributed by atoms with Gasteiger partial charge >= 0.3 is 6.18 Å². The van der Waals surface area contributed by atoms with E-state index in [1.54, 1.807) is 12.1 Å². The summed E-state index contributed by atoms with van der Waals surface area (Å²) >= 11 is 0. The summed E-state index contributed by atoms with van der Waals surface area (Å²) in [5.74, 6) is 0.597. The lowest BCUT2D eigenvalue weighted by atomic mass is 9.75. The molecule has 0 spiro atoms. The Morgan fingerprint density at radius 2 is 1.84 bits per heavy atom. The van der Waals surface area contributed by atoms with Gasteiger partial charge in [-0.3, -0.25) is 0 Å². The molecule has 0 N–H and O–H groups in total. The maximum atomic E-state index is 13.5. The first-order valence-electron chi connectivity index (χ1n) is 9.37. The molecule has 1 fully saturated rings. The first-order chi connectivity index (χ1) is 11.8. The van der Waals surface area contributed by atoms with E-state index in [2.05, 4.69) is 19.9 Å². The van der Waals surface area contributed by atoms with Crippen LogP contribution in [0.2, 0.25) is 0 Å². The van der Waals surface area contributed by atoms with E-state index in [1.807, 2.05) is 13.8 Å². The lowest BCUT2D eigenvalue weighted by Crippen LogP contribution is -2.16. The molecule has 0 nitrogen and oxygen atoms in total. The summed E-state index contributed by atoms with van der Waals surface area (Å²) in [6.07, 6.45) is 3.04. The van der Waals surface area contributed by atoms with Gasteiger partial charge in [-0.15, -0.1) is 0 Å². The molecule has 1 aliphatic carbocycles. The molecular weight excluding hydrogens is 321 g/mol. The zero-order valence-corrected chi connectivity index (χ0v) is 15.7. The van der Waals surface area contributed by atoms with Gasteiger partial charge in [0.05, 0.1) is 5.56 Å². The van der Waals surface area contributed by atoms with Gasteiger partial charge in [0.1, 0.15) is 0 Å². The van der Waals surface area contributed by atoms with Crippen molar-refractivity contribution in [2.45, 2.75) is 66.0 Å². The molecule has 1 aromatic carbocycles. The molecule has 1 atom stereocenters. The zero-order valence-electron chi connectivity index (χ0n) is 15.7. The summed E-state index contributed by atoms with van der Waals surface area (Å²) in [6.45, 7) is 8.30. The van der Waals surface area contributed by atoms with Gasteiger partial charge in [-0.05, 0) is 67.2 Å². The molecule has 1 saturated carbocycles. The average Bonchev–Trinajstić information content (AvgIpc) is 2.54. The van der Waals surface area contributed by atoms with E-state index in [9.17, 15) is 13.2 Å². The third-order valence-corrected chi connectivity index (χ3v) is 5.57. The first-order valence-corrected chi connectivity index (χ1v) is 9.37. The van der Waals surface area contributed by atoms with Crippen molar-refractivity contribution < 1.29 is 13.2 Å². The third kappa shape index (κ3) is 4.56. The molecule has 0 radical (unpaired) electrons. The van der Waals surface area contributed by atoms with Crippen LogP contribution in [0, 0.1) is 11.8 Å². The second kappa shape index (κ2) is 8.25. The van der Waals surface area contributed by atoms with Crippen molar-refractivity contribution in [3.63, 3.8) is 0 Å². The Kier molecular flexibility index (Phi) is 6.53. The third-order valence-electron chi connectivity index (χ3n) is 5.57. The smallest absolute Gasteiger partial charge is 0.166 e. The Bertz CT molecular complexity index is 645. The molecule has 1 aromatic rings. The van der Waals surface area contributed by atoms with Crippen LogP contribution < -0.4 is 0 Å². The minimum absolute atomic E-state index is 0.0863. The van der Waals surface area contributed by atoms with Crippen LogP contribution in [0.25, 0.3) is 5.57 Å². The van der Waals surface area contributed by atoms with Crippen LogP contribution in [-0.2, 0) is 6.18 Å². The predicted molar refractivity (Wildman–Crippen MR) is 99.2 cm³/mol. The van der Waals surface area contributed by atoms with Gasteiger partial charge in [0.25, 0.3) is 0 Å². The fourth-order valence-corrected chi connectivity index (χ4v) is 3.37. The Labute approximate surface area is 149 Å². The molecule has 2 rings (SSSR count). The maximum absolute atomic E-state index is 13.5. The number of hydrogen-bond acceptors (Lipinski definition) is 0. The number of hydrogen-bond donors (Lipinski definition) is 0. The van der Waals surface area contributed by atoms with Gasteiger partial charge in [-0.2, -0.15) is 13.2 Å². The van der Waals surface area contributed by atoms with E-state index in [4.69, 9.17) is 0 Å². The Morgan fingerprint density at radius 3 is 2.32 bits per heavy atom. The molecule has 0 aliphatic heterocycles. The van der Waals surface area contributed by atoms with Gasteiger partial charge in [0.15, 0.2) is 0 Å². The van der Waals surface area contributed by atoms with Crippen LogP contribution in [0.5, 0.6) is 0 Å². The number of allylic oxidation sites excluding steroid dienone is 4. The Morgan fingerprint density at radius 1 is 1.20 bits per heavy atom. The highest BCUT2D eigenvalue weighted by Gasteiger charge is 2.34. The average molecular weight is 350 g/mol. The van der Waals surface area contributed by atoms with Crippen LogP contribution in [0.15, 0.2) is 41.5 Å². The molecule has 1 aliphatic rings. The van der Waals surface area contributed by atoms with Gasteiger partial charge in [-0.1, -0.05) is 57.0 Å². The number of benzene rings is 1. The second-order valence-electron chi connectivity index (χ2n) is 7.17. The first kappa shape index (κ1) is 19.8. The molecule has 138 valence electrons. The van der Waals surface area contributed by atoms with Gasteiger partial charge in [0, 0.05) is 0 Å². The fraction of sp³-hybridized carbons (Fsp3) is 0.545. The van der Waals surface area contributed by atoms with Crippen LogP contribution in [0.3, 0.4) is 0 Å². The zero-order chi connectivity index (χ0) is 18.6. The van der Waals surface area contributed by atoms with Gasteiger partial charge in [-0.25, -0.2) is 0 Å². The molecule has 0 bridgehead atoms. The van der Waals surface area contributed by atoms with E-state index in [-0.39, 0.29) is 5.92 Å². The Balaban J connectivity index is 2.61. The predicted octanol–water partition coefficient (Wildman–Crippen LogP) is 7.66. The van der Waals surface area contributed by atoms with Gasteiger partial charge in [0.2, 0.25) is 0 Å². The van der Waals surface area contributed by atoms with E-state index in [0.29, 0.717) is 11.5 Å². The maximum Gasteiger partial charge on any atom is 0.416 e. The van der Waals surface area contributed by atoms with Crippen LogP contribution in [-0.4, -0.2) is 0 Å². The van der Waals surface area contributed by atoms with Crippen LogP contribution in [0.4, 0.5) is 13.2 Å². The highest BCUT2D eigenvalue weighted by atomic mass is 19.4. The highest BCUT2D eigenvalue weighted by molar-refractivity contribution is 5.73. The summed E-state index contributed by atoms with van der Waals surface area (Å²) in [4.78, 5) is 0. The quantitative estimate of drug-likeness (QED) is 0.462. The summed E-state index contributed by atoms with van der Waals surface area (Å²) in [5, 5.41) is 0. The van der Waals surface area contributed by atoms with Gasteiger partial charge < -0.3 is 0 Å². The van der Waals surface area contributed by atoms with Crippen molar-refractivity contribution in [3.05, 3.63) is 52.6 Å².